The number of carbonyl (C=O) groups is 1. The summed E-state index contributed by atoms with van der Waals surface area (Å²) in [4.78, 5) is 14.0. The first-order chi connectivity index (χ1) is 9.75. The molecule has 2 aromatic carbocycles. The van der Waals surface area contributed by atoms with Gasteiger partial charge in [-0.15, -0.1) is 5.10 Å². The fourth-order valence-corrected chi connectivity index (χ4v) is 2.10. The Morgan fingerprint density at radius 2 is 1.80 bits per heavy atom. The van der Waals surface area contributed by atoms with Crippen LogP contribution in [0.2, 0.25) is 0 Å². The van der Waals surface area contributed by atoms with E-state index in [0.29, 0.717) is 12.1 Å². The average Bonchev–Trinajstić information content (AvgIpc) is 2.91. The van der Waals surface area contributed by atoms with Crippen molar-refractivity contribution in [2.45, 2.75) is 6.54 Å². The van der Waals surface area contributed by atoms with Crippen molar-refractivity contribution in [1.29, 1.82) is 0 Å². The monoisotopic (exact) mass is 266 g/mol. The maximum atomic E-state index is 12.4. The molecular weight excluding hydrogens is 252 g/mol. The number of hydrogen-bond acceptors (Lipinski definition) is 3. The van der Waals surface area contributed by atoms with Crippen LogP contribution in [0.3, 0.4) is 0 Å². The number of nitrogens with zero attached hydrogens (tertiary/aromatic N) is 4. The number of benzene rings is 2. The highest BCUT2D eigenvalue weighted by Crippen LogP contribution is 2.11. The van der Waals surface area contributed by atoms with Crippen molar-refractivity contribution in [3.63, 3.8) is 0 Å². The average molecular weight is 266 g/mol. The number of amides is 1. The first-order valence-electron chi connectivity index (χ1n) is 6.35. The Kier molecular flexibility index (Phi) is 3.16. The number of para-hydroxylation sites is 1. The van der Waals surface area contributed by atoms with Crippen LogP contribution < -0.4 is 0 Å². The molecule has 0 unspecified atom stereocenters. The van der Waals surface area contributed by atoms with Gasteiger partial charge in [0.1, 0.15) is 5.52 Å². The lowest BCUT2D eigenvalue weighted by atomic mass is 10.2. The summed E-state index contributed by atoms with van der Waals surface area (Å²) in [5.74, 6) is 0. The van der Waals surface area contributed by atoms with Gasteiger partial charge in [-0.2, -0.15) is 4.68 Å². The van der Waals surface area contributed by atoms with Crippen molar-refractivity contribution in [3.05, 3.63) is 60.2 Å². The highest BCUT2D eigenvalue weighted by Gasteiger charge is 2.15. The minimum atomic E-state index is -0.192. The zero-order valence-corrected chi connectivity index (χ0v) is 11.1. The van der Waals surface area contributed by atoms with Crippen LogP contribution >= 0.6 is 0 Å². The van der Waals surface area contributed by atoms with Crippen molar-refractivity contribution < 1.29 is 4.79 Å². The summed E-state index contributed by atoms with van der Waals surface area (Å²) in [5.41, 5.74) is 2.51. The number of fused-ring (bicyclic) bond motifs is 1. The molecule has 0 aliphatic carbocycles. The zero-order valence-electron chi connectivity index (χ0n) is 11.1. The molecule has 1 amide bonds. The molecule has 0 bridgehead atoms. The van der Waals surface area contributed by atoms with Gasteiger partial charge in [0, 0.05) is 13.6 Å². The highest BCUT2D eigenvalue weighted by atomic mass is 16.2. The normalized spacial score (nSPS) is 10.7. The first-order valence-corrected chi connectivity index (χ1v) is 6.35. The third kappa shape index (κ3) is 2.25. The Labute approximate surface area is 116 Å². The largest absolute Gasteiger partial charge is 0.346 e. The summed E-state index contributed by atoms with van der Waals surface area (Å²) in [5, 5.41) is 7.93. The van der Waals surface area contributed by atoms with Gasteiger partial charge in [-0.1, -0.05) is 47.7 Å². The van der Waals surface area contributed by atoms with E-state index in [9.17, 15) is 4.79 Å². The summed E-state index contributed by atoms with van der Waals surface area (Å²) < 4.78 is 1.33. The van der Waals surface area contributed by atoms with Gasteiger partial charge >= 0.3 is 6.03 Å². The van der Waals surface area contributed by atoms with E-state index >= 15 is 0 Å². The summed E-state index contributed by atoms with van der Waals surface area (Å²) in [6.07, 6.45) is 0. The summed E-state index contributed by atoms with van der Waals surface area (Å²) >= 11 is 0. The van der Waals surface area contributed by atoms with Crippen molar-refractivity contribution >= 4 is 17.1 Å². The van der Waals surface area contributed by atoms with Gasteiger partial charge in [-0.3, -0.25) is 0 Å². The molecule has 0 aliphatic heterocycles. The van der Waals surface area contributed by atoms with Crippen molar-refractivity contribution in [1.82, 2.24) is 19.9 Å². The molecule has 0 saturated carbocycles. The topological polar surface area (TPSA) is 51.0 Å². The molecule has 0 saturated heterocycles. The molecule has 0 N–H and O–H groups in total. The van der Waals surface area contributed by atoms with Crippen molar-refractivity contribution in [2.75, 3.05) is 7.05 Å². The molecule has 3 aromatic rings. The molecule has 100 valence electrons. The van der Waals surface area contributed by atoms with Crippen LogP contribution in [0.1, 0.15) is 5.56 Å². The molecule has 0 atom stereocenters. The second kappa shape index (κ2) is 5.13. The van der Waals surface area contributed by atoms with E-state index in [1.807, 2.05) is 54.6 Å². The van der Waals surface area contributed by atoms with E-state index in [0.717, 1.165) is 11.1 Å². The Morgan fingerprint density at radius 3 is 2.60 bits per heavy atom. The van der Waals surface area contributed by atoms with Crippen molar-refractivity contribution in [2.24, 2.45) is 0 Å². The predicted molar refractivity (Wildman–Crippen MR) is 76.2 cm³/mol. The SMILES string of the molecule is CN(Cc1ccccc1)C(=O)n1nnc2ccccc21. The molecule has 0 radical (unpaired) electrons. The third-order valence-corrected chi connectivity index (χ3v) is 3.12. The quantitative estimate of drug-likeness (QED) is 0.716. The van der Waals surface area contributed by atoms with Gasteiger partial charge in [0.05, 0.1) is 5.52 Å². The van der Waals surface area contributed by atoms with E-state index in [2.05, 4.69) is 10.3 Å². The molecule has 0 aliphatic rings. The molecule has 0 fully saturated rings. The minimum absolute atomic E-state index is 0.192. The van der Waals surface area contributed by atoms with E-state index in [1.165, 1.54) is 4.68 Å². The van der Waals surface area contributed by atoms with Gasteiger partial charge in [-0.25, -0.2) is 4.79 Å². The minimum Gasteiger partial charge on any atom is -0.322 e. The van der Waals surface area contributed by atoms with Crippen LogP contribution in [-0.2, 0) is 6.54 Å². The lowest BCUT2D eigenvalue weighted by Gasteiger charge is -2.16. The molecule has 0 spiro atoms. The maximum Gasteiger partial charge on any atom is 0.346 e. The fourth-order valence-electron chi connectivity index (χ4n) is 2.10. The Balaban J connectivity index is 1.85. The Bertz CT molecular complexity index is 736. The first kappa shape index (κ1) is 12.3. The van der Waals surface area contributed by atoms with E-state index < -0.39 is 0 Å². The van der Waals surface area contributed by atoms with E-state index in [-0.39, 0.29) is 6.03 Å². The molecule has 20 heavy (non-hydrogen) atoms. The molecule has 5 nitrogen and oxygen atoms in total. The van der Waals surface area contributed by atoms with Gasteiger partial charge in [0.25, 0.3) is 0 Å². The summed E-state index contributed by atoms with van der Waals surface area (Å²) in [6.45, 7) is 0.536. The Hall–Kier alpha value is -2.69. The van der Waals surface area contributed by atoms with Crippen molar-refractivity contribution in [3.8, 4) is 0 Å². The lowest BCUT2D eigenvalue weighted by molar-refractivity contribution is 0.206. The van der Waals surface area contributed by atoms with Crippen LogP contribution in [0.15, 0.2) is 54.6 Å². The number of rotatable bonds is 2. The van der Waals surface area contributed by atoms with Crippen LogP contribution in [-0.4, -0.2) is 33.0 Å². The number of aromatic nitrogens is 3. The summed E-state index contributed by atoms with van der Waals surface area (Å²) in [6, 6.07) is 17.1. The lowest BCUT2D eigenvalue weighted by Crippen LogP contribution is -2.31. The van der Waals surface area contributed by atoms with Gasteiger partial charge < -0.3 is 4.90 Å². The molecule has 1 heterocycles. The smallest absolute Gasteiger partial charge is 0.322 e. The Morgan fingerprint density at radius 1 is 1.10 bits per heavy atom. The third-order valence-electron chi connectivity index (χ3n) is 3.12. The molecule has 1 aromatic heterocycles. The predicted octanol–water partition coefficient (Wildman–Crippen LogP) is 2.53. The second-order valence-corrected chi connectivity index (χ2v) is 4.61. The molecular formula is C15H14N4O. The van der Waals surface area contributed by atoms with Crippen LogP contribution in [0.4, 0.5) is 4.79 Å². The van der Waals surface area contributed by atoms with Crippen LogP contribution in [0.5, 0.6) is 0 Å². The maximum absolute atomic E-state index is 12.4. The molecule has 3 rings (SSSR count). The highest BCUT2D eigenvalue weighted by molar-refractivity contribution is 5.87. The van der Waals surface area contributed by atoms with Gasteiger partial charge in [0.2, 0.25) is 0 Å². The van der Waals surface area contributed by atoms with E-state index in [4.69, 9.17) is 0 Å². The number of carbonyl (C=O) groups excluding carboxylic acids is 1. The van der Waals surface area contributed by atoms with Crippen LogP contribution in [0.25, 0.3) is 11.0 Å². The van der Waals surface area contributed by atoms with Gasteiger partial charge in [0.15, 0.2) is 0 Å². The summed E-state index contributed by atoms with van der Waals surface area (Å²) in [7, 11) is 1.76. The fraction of sp³-hybridized carbons (Fsp3) is 0.133. The second-order valence-electron chi connectivity index (χ2n) is 4.61. The van der Waals surface area contributed by atoms with E-state index in [1.54, 1.807) is 11.9 Å². The molecule has 5 heteroatoms. The standard InChI is InChI=1S/C15H14N4O/c1-18(11-12-7-3-2-4-8-12)15(20)19-14-10-6-5-9-13(14)16-17-19/h2-10H,11H2,1H3. The number of hydrogen-bond donors (Lipinski definition) is 0. The zero-order chi connectivity index (χ0) is 13.9. The van der Waals surface area contributed by atoms with Gasteiger partial charge in [-0.05, 0) is 17.7 Å². The van der Waals surface area contributed by atoms with Crippen LogP contribution in [0, 0.1) is 0 Å².